The van der Waals surface area contributed by atoms with Gasteiger partial charge in [0.1, 0.15) is 0 Å². The van der Waals surface area contributed by atoms with E-state index in [0.29, 0.717) is 12.6 Å². The number of carbonyl (C=O) groups is 1. The highest BCUT2D eigenvalue weighted by molar-refractivity contribution is 5.78. The smallest absolute Gasteiger partial charge is 0.250 e. The Morgan fingerprint density at radius 1 is 1.64 bits per heavy atom. The predicted molar refractivity (Wildman–Crippen MR) is 42.9 cm³/mol. The van der Waals surface area contributed by atoms with Crippen LogP contribution < -0.4 is 10.7 Å². The molecule has 1 amide bonds. The normalized spacial score (nSPS) is 19.5. The monoisotopic (exact) mass is 157 g/mol. The molecule has 0 spiro atoms. The summed E-state index contributed by atoms with van der Waals surface area (Å²) in [6.07, 6.45) is 0. The summed E-state index contributed by atoms with van der Waals surface area (Å²) in [5.74, 6) is 0.130. The van der Waals surface area contributed by atoms with Crippen LogP contribution in [0.5, 0.6) is 0 Å². The first-order valence-corrected chi connectivity index (χ1v) is 3.97. The van der Waals surface area contributed by atoms with Gasteiger partial charge in [-0.15, -0.1) is 0 Å². The van der Waals surface area contributed by atoms with Crippen molar-refractivity contribution in [3.05, 3.63) is 0 Å². The first-order chi connectivity index (χ1) is 5.20. The van der Waals surface area contributed by atoms with Crippen LogP contribution in [0.3, 0.4) is 0 Å². The average Bonchev–Trinajstić information content (AvgIpc) is 1.93. The molecule has 64 valence electrons. The van der Waals surface area contributed by atoms with Crippen molar-refractivity contribution < 1.29 is 4.79 Å². The van der Waals surface area contributed by atoms with Crippen molar-refractivity contribution in [3.63, 3.8) is 0 Å². The topological polar surface area (TPSA) is 44.4 Å². The molecule has 0 unspecified atom stereocenters. The minimum Gasteiger partial charge on any atom is -0.307 e. The Labute approximate surface area is 66.9 Å². The van der Waals surface area contributed by atoms with Crippen molar-refractivity contribution in [1.82, 2.24) is 15.8 Å². The van der Waals surface area contributed by atoms with Crippen LogP contribution in [-0.2, 0) is 4.79 Å². The summed E-state index contributed by atoms with van der Waals surface area (Å²) in [6, 6.07) is 0.331. The molecule has 1 rings (SSSR count). The molecular weight excluding hydrogens is 142 g/mol. The van der Waals surface area contributed by atoms with Crippen LogP contribution in [0.1, 0.15) is 13.8 Å². The fourth-order valence-corrected chi connectivity index (χ4v) is 1.05. The fraction of sp³-hybridized carbons (Fsp3) is 0.857. The minimum absolute atomic E-state index is 0.130. The summed E-state index contributed by atoms with van der Waals surface area (Å²) in [7, 11) is 0. The van der Waals surface area contributed by atoms with Crippen molar-refractivity contribution in [2.24, 2.45) is 0 Å². The van der Waals surface area contributed by atoms with E-state index in [0.717, 1.165) is 13.1 Å². The molecule has 0 aliphatic carbocycles. The minimum atomic E-state index is 0.130. The highest BCUT2D eigenvalue weighted by Crippen LogP contribution is 1.91. The number of nitrogens with zero attached hydrogens (tertiary/aromatic N) is 1. The van der Waals surface area contributed by atoms with Crippen molar-refractivity contribution in [2.45, 2.75) is 19.9 Å². The molecule has 2 N–H and O–H groups in total. The van der Waals surface area contributed by atoms with Gasteiger partial charge in [-0.1, -0.05) is 0 Å². The molecule has 0 aromatic heterocycles. The molecule has 1 aliphatic heterocycles. The summed E-state index contributed by atoms with van der Waals surface area (Å²) in [5, 5.41) is 4.69. The highest BCUT2D eigenvalue weighted by Gasteiger charge is 2.17. The van der Waals surface area contributed by atoms with E-state index in [1.807, 2.05) is 13.8 Å². The molecule has 0 bridgehead atoms. The summed E-state index contributed by atoms with van der Waals surface area (Å²) in [6.45, 7) is 6.15. The van der Waals surface area contributed by atoms with E-state index < -0.39 is 0 Å². The van der Waals surface area contributed by atoms with Crippen molar-refractivity contribution >= 4 is 5.91 Å². The second-order valence-electron chi connectivity index (χ2n) is 3.01. The van der Waals surface area contributed by atoms with Gasteiger partial charge in [-0.2, -0.15) is 0 Å². The van der Waals surface area contributed by atoms with E-state index in [-0.39, 0.29) is 5.91 Å². The van der Waals surface area contributed by atoms with E-state index in [4.69, 9.17) is 0 Å². The molecule has 1 heterocycles. The molecule has 0 saturated carbocycles. The van der Waals surface area contributed by atoms with Crippen molar-refractivity contribution in [2.75, 3.05) is 19.6 Å². The molecule has 11 heavy (non-hydrogen) atoms. The van der Waals surface area contributed by atoms with Gasteiger partial charge < -0.3 is 5.32 Å². The van der Waals surface area contributed by atoms with Crippen LogP contribution in [0, 0.1) is 0 Å². The lowest BCUT2D eigenvalue weighted by atomic mass is 10.4. The molecule has 0 aromatic rings. The maximum atomic E-state index is 11.1. The van der Waals surface area contributed by atoms with Gasteiger partial charge in [0.15, 0.2) is 0 Å². The van der Waals surface area contributed by atoms with E-state index in [9.17, 15) is 4.79 Å². The first-order valence-electron chi connectivity index (χ1n) is 3.97. The number of rotatable bonds is 2. The number of amides is 1. The SMILES string of the molecule is CC(C)NN1CCNCC1=O. The summed E-state index contributed by atoms with van der Waals surface area (Å²) in [5.41, 5.74) is 3.08. The Morgan fingerprint density at radius 2 is 2.36 bits per heavy atom. The Hall–Kier alpha value is -0.610. The lowest BCUT2D eigenvalue weighted by molar-refractivity contribution is -0.135. The lowest BCUT2D eigenvalue weighted by Gasteiger charge is -2.29. The second kappa shape index (κ2) is 3.69. The number of hydrogen-bond acceptors (Lipinski definition) is 3. The van der Waals surface area contributed by atoms with Gasteiger partial charge in [-0.3, -0.25) is 9.80 Å². The zero-order valence-corrected chi connectivity index (χ0v) is 7.05. The van der Waals surface area contributed by atoms with Crippen LogP contribution in [0.25, 0.3) is 0 Å². The van der Waals surface area contributed by atoms with E-state index >= 15 is 0 Å². The molecule has 1 saturated heterocycles. The molecule has 1 fully saturated rings. The van der Waals surface area contributed by atoms with E-state index in [2.05, 4.69) is 10.7 Å². The number of carbonyl (C=O) groups excluding carboxylic acids is 1. The van der Waals surface area contributed by atoms with Crippen LogP contribution in [0.15, 0.2) is 0 Å². The van der Waals surface area contributed by atoms with Gasteiger partial charge in [-0.25, -0.2) is 5.43 Å². The maximum Gasteiger partial charge on any atom is 0.250 e. The molecule has 1 aliphatic rings. The Bertz CT molecular complexity index is 147. The fourth-order valence-electron chi connectivity index (χ4n) is 1.05. The maximum absolute atomic E-state index is 11.1. The van der Waals surface area contributed by atoms with Gasteiger partial charge in [0.05, 0.1) is 6.54 Å². The predicted octanol–water partition coefficient (Wildman–Crippen LogP) is -0.669. The summed E-state index contributed by atoms with van der Waals surface area (Å²) in [4.78, 5) is 11.1. The van der Waals surface area contributed by atoms with Crippen LogP contribution in [0.2, 0.25) is 0 Å². The molecule has 0 aromatic carbocycles. The largest absolute Gasteiger partial charge is 0.307 e. The number of piperazine rings is 1. The highest BCUT2D eigenvalue weighted by atomic mass is 16.2. The Morgan fingerprint density at radius 3 is 2.91 bits per heavy atom. The third kappa shape index (κ3) is 2.48. The quantitative estimate of drug-likeness (QED) is 0.559. The van der Waals surface area contributed by atoms with Crippen LogP contribution in [-0.4, -0.2) is 36.6 Å². The number of hydrogen-bond donors (Lipinski definition) is 2. The van der Waals surface area contributed by atoms with E-state index in [1.54, 1.807) is 5.01 Å². The summed E-state index contributed by atoms with van der Waals surface area (Å²) < 4.78 is 0. The standard InChI is InChI=1S/C7H15N3O/c1-6(2)9-10-4-3-8-5-7(10)11/h6,8-9H,3-5H2,1-2H3. The molecule has 0 radical (unpaired) electrons. The van der Waals surface area contributed by atoms with Gasteiger partial charge in [0.2, 0.25) is 0 Å². The third-order valence-electron chi connectivity index (χ3n) is 1.50. The Kier molecular flexibility index (Phi) is 2.84. The number of hydrazine groups is 1. The second-order valence-corrected chi connectivity index (χ2v) is 3.01. The van der Waals surface area contributed by atoms with Gasteiger partial charge in [0, 0.05) is 19.1 Å². The zero-order valence-electron chi connectivity index (χ0n) is 7.05. The van der Waals surface area contributed by atoms with Crippen molar-refractivity contribution in [1.29, 1.82) is 0 Å². The van der Waals surface area contributed by atoms with Gasteiger partial charge in [-0.05, 0) is 13.8 Å². The van der Waals surface area contributed by atoms with Crippen LogP contribution >= 0.6 is 0 Å². The molecule has 0 atom stereocenters. The lowest BCUT2D eigenvalue weighted by Crippen LogP contribution is -2.55. The first kappa shape index (κ1) is 8.49. The van der Waals surface area contributed by atoms with E-state index in [1.165, 1.54) is 0 Å². The van der Waals surface area contributed by atoms with Gasteiger partial charge >= 0.3 is 0 Å². The molecule has 4 heteroatoms. The molecular formula is C7H15N3O. The Balaban J connectivity index is 2.36. The van der Waals surface area contributed by atoms with Gasteiger partial charge in [0.25, 0.3) is 5.91 Å². The zero-order chi connectivity index (χ0) is 8.27. The molecule has 4 nitrogen and oxygen atoms in total. The van der Waals surface area contributed by atoms with Crippen LogP contribution in [0.4, 0.5) is 0 Å². The average molecular weight is 157 g/mol. The number of nitrogens with one attached hydrogen (secondary N) is 2. The summed E-state index contributed by atoms with van der Waals surface area (Å²) >= 11 is 0. The van der Waals surface area contributed by atoms with Crippen molar-refractivity contribution in [3.8, 4) is 0 Å². The third-order valence-corrected chi connectivity index (χ3v) is 1.50.